The lowest BCUT2D eigenvalue weighted by Crippen LogP contribution is -1.98. The Labute approximate surface area is 254 Å². The van der Waals surface area contributed by atoms with Gasteiger partial charge >= 0.3 is 0 Å². The topological polar surface area (TPSA) is 18.5 Å². The van der Waals surface area contributed by atoms with E-state index in [9.17, 15) is 0 Å². The minimum atomic E-state index is 0.907. The number of benzene rings is 8. The third-order valence-electron chi connectivity index (χ3n) is 9.30. The molecule has 2 nitrogen and oxygen atoms in total. The predicted octanol–water partition coefficient (Wildman–Crippen LogP) is 12.0. The van der Waals surface area contributed by atoms with Crippen molar-refractivity contribution < 1.29 is 9.47 Å². The highest BCUT2D eigenvalue weighted by Gasteiger charge is 2.24. The van der Waals surface area contributed by atoms with Crippen LogP contribution in [0.4, 0.5) is 0 Å². The number of rotatable bonds is 2. The molecule has 44 heavy (non-hydrogen) atoms. The minimum absolute atomic E-state index is 0.907. The number of ether oxygens (including phenoxy) is 2. The van der Waals surface area contributed by atoms with Crippen molar-refractivity contribution in [2.75, 3.05) is 0 Å². The Morgan fingerprint density at radius 1 is 0.227 bits per heavy atom. The van der Waals surface area contributed by atoms with Crippen molar-refractivity contribution in [1.29, 1.82) is 0 Å². The Hall–Kier alpha value is -5.86. The summed E-state index contributed by atoms with van der Waals surface area (Å²) >= 11 is 0. The van der Waals surface area contributed by atoms with Gasteiger partial charge in [0.1, 0.15) is 23.0 Å². The highest BCUT2D eigenvalue weighted by atomic mass is 16.5. The van der Waals surface area contributed by atoms with E-state index in [1.807, 2.05) is 24.3 Å². The first kappa shape index (κ1) is 23.7. The first-order chi connectivity index (χ1) is 21.8. The van der Waals surface area contributed by atoms with Crippen LogP contribution in [0.5, 0.6) is 23.0 Å². The monoisotopic (exact) mass is 560 g/mol. The molecule has 10 rings (SSSR count). The number of fused-ring (bicyclic) bond motifs is 5. The smallest absolute Gasteiger partial charge is 0.135 e. The molecule has 0 spiro atoms. The molecule has 0 amide bonds. The quantitative estimate of drug-likeness (QED) is 0.209. The summed E-state index contributed by atoms with van der Waals surface area (Å²) < 4.78 is 12.8. The van der Waals surface area contributed by atoms with Crippen molar-refractivity contribution in [3.8, 4) is 67.5 Å². The molecule has 0 bridgehead atoms. The van der Waals surface area contributed by atoms with Gasteiger partial charge in [0.05, 0.1) is 0 Å². The van der Waals surface area contributed by atoms with E-state index in [2.05, 4.69) is 121 Å². The Balaban J connectivity index is 1.21. The largest absolute Gasteiger partial charge is 0.456 e. The van der Waals surface area contributed by atoms with Crippen LogP contribution in [0, 0.1) is 0 Å². The fourth-order valence-electron chi connectivity index (χ4n) is 7.40. The molecule has 2 heterocycles. The summed E-state index contributed by atoms with van der Waals surface area (Å²) in [4.78, 5) is 0. The summed E-state index contributed by atoms with van der Waals surface area (Å²) in [5, 5.41) is 7.19. The molecule has 0 saturated carbocycles. The SMILES string of the molecule is c1ccc2c(c1)Oc1ccc(-c3ccc(-c4ccc5c6c(cccc46)-c4ccccc4O5)c4ccccc34)c3cccc-2c13. The van der Waals surface area contributed by atoms with E-state index >= 15 is 0 Å². The maximum Gasteiger partial charge on any atom is 0.135 e. The molecule has 2 aliphatic rings. The van der Waals surface area contributed by atoms with E-state index in [1.54, 1.807) is 0 Å². The number of hydrogen-bond donors (Lipinski definition) is 0. The first-order valence-electron chi connectivity index (χ1n) is 15.0. The van der Waals surface area contributed by atoms with Crippen molar-refractivity contribution in [3.63, 3.8) is 0 Å². The summed E-state index contributed by atoms with van der Waals surface area (Å²) in [5.41, 5.74) is 9.55. The van der Waals surface area contributed by atoms with Crippen LogP contribution in [-0.2, 0) is 0 Å². The van der Waals surface area contributed by atoms with Crippen molar-refractivity contribution >= 4 is 32.3 Å². The molecule has 0 atom stereocenters. The van der Waals surface area contributed by atoms with E-state index in [1.165, 1.54) is 65.7 Å². The average molecular weight is 561 g/mol. The van der Waals surface area contributed by atoms with Gasteiger partial charge in [-0.3, -0.25) is 0 Å². The van der Waals surface area contributed by atoms with Crippen LogP contribution in [0.3, 0.4) is 0 Å². The predicted molar refractivity (Wildman–Crippen MR) is 181 cm³/mol. The van der Waals surface area contributed by atoms with Crippen molar-refractivity contribution in [2.24, 2.45) is 0 Å². The van der Waals surface area contributed by atoms with E-state index < -0.39 is 0 Å². The molecule has 0 fully saturated rings. The summed E-state index contributed by atoms with van der Waals surface area (Å²) in [6.07, 6.45) is 0. The zero-order valence-corrected chi connectivity index (χ0v) is 23.7. The van der Waals surface area contributed by atoms with Crippen LogP contribution in [-0.4, -0.2) is 0 Å². The molecule has 0 radical (unpaired) electrons. The third kappa shape index (κ3) is 3.20. The van der Waals surface area contributed by atoms with Crippen LogP contribution < -0.4 is 9.47 Å². The van der Waals surface area contributed by atoms with Gasteiger partial charge in [0.15, 0.2) is 0 Å². The van der Waals surface area contributed by atoms with Gasteiger partial charge in [-0.05, 0) is 79.2 Å². The molecule has 2 heteroatoms. The Morgan fingerprint density at radius 3 is 1.09 bits per heavy atom. The van der Waals surface area contributed by atoms with Crippen molar-refractivity contribution in [2.45, 2.75) is 0 Å². The molecule has 8 aromatic carbocycles. The van der Waals surface area contributed by atoms with Crippen LogP contribution in [0.2, 0.25) is 0 Å². The normalized spacial score (nSPS) is 12.5. The van der Waals surface area contributed by atoms with Gasteiger partial charge in [0.25, 0.3) is 0 Å². The molecule has 2 aliphatic heterocycles. The zero-order valence-electron chi connectivity index (χ0n) is 23.7. The summed E-state index contributed by atoms with van der Waals surface area (Å²) in [6, 6.07) is 51.8. The van der Waals surface area contributed by atoms with Crippen LogP contribution in [0.25, 0.3) is 76.8 Å². The molecule has 8 aromatic rings. The first-order valence-corrected chi connectivity index (χ1v) is 15.0. The van der Waals surface area contributed by atoms with Gasteiger partial charge in [-0.15, -0.1) is 0 Å². The summed E-state index contributed by atoms with van der Waals surface area (Å²) in [5.74, 6) is 3.63. The lowest BCUT2D eigenvalue weighted by Gasteiger charge is -2.23. The molecule has 0 aliphatic carbocycles. The van der Waals surface area contributed by atoms with Crippen molar-refractivity contribution in [1.82, 2.24) is 0 Å². The minimum Gasteiger partial charge on any atom is -0.456 e. The standard InChI is InChI=1S/C42H24O2/c1-2-10-26-25(9-1)27(29-21-23-39-41-33(29)13-7-15-35(41)31-11-3-5-17-37(31)43-39)19-20-28(26)30-22-24-40-42-34(30)14-8-16-36(42)32-12-4-6-18-38(32)44-40/h1-24H. The van der Waals surface area contributed by atoms with E-state index in [4.69, 9.17) is 9.47 Å². The van der Waals surface area contributed by atoms with Crippen LogP contribution in [0.15, 0.2) is 146 Å². The Morgan fingerprint density at radius 2 is 0.591 bits per heavy atom. The highest BCUT2D eigenvalue weighted by Crippen LogP contribution is 2.51. The Bertz CT molecular complexity index is 2330. The third-order valence-corrected chi connectivity index (χ3v) is 9.30. The second-order valence-electron chi connectivity index (χ2n) is 11.6. The van der Waals surface area contributed by atoms with E-state index in [-0.39, 0.29) is 0 Å². The molecular formula is C42H24O2. The average Bonchev–Trinajstić information content (AvgIpc) is 3.09. The molecule has 204 valence electrons. The second-order valence-corrected chi connectivity index (χ2v) is 11.6. The number of hydrogen-bond acceptors (Lipinski definition) is 2. The van der Waals surface area contributed by atoms with E-state index in [0.29, 0.717) is 0 Å². The highest BCUT2D eigenvalue weighted by molar-refractivity contribution is 6.17. The van der Waals surface area contributed by atoms with Gasteiger partial charge in [0.2, 0.25) is 0 Å². The molecule has 0 aromatic heterocycles. The lowest BCUT2D eigenvalue weighted by molar-refractivity contribution is 0.487. The van der Waals surface area contributed by atoms with Gasteiger partial charge in [-0.2, -0.15) is 0 Å². The number of para-hydroxylation sites is 2. The molecule has 0 unspecified atom stereocenters. The lowest BCUT2D eigenvalue weighted by atomic mass is 9.86. The Kier molecular flexibility index (Phi) is 4.75. The van der Waals surface area contributed by atoms with Gasteiger partial charge in [0, 0.05) is 21.9 Å². The van der Waals surface area contributed by atoms with Gasteiger partial charge in [-0.1, -0.05) is 121 Å². The van der Waals surface area contributed by atoms with Crippen LogP contribution >= 0.6 is 0 Å². The maximum atomic E-state index is 6.39. The molecular weight excluding hydrogens is 536 g/mol. The second kappa shape index (κ2) is 8.82. The summed E-state index contributed by atoms with van der Waals surface area (Å²) in [6.45, 7) is 0. The zero-order chi connectivity index (χ0) is 28.8. The van der Waals surface area contributed by atoms with Crippen molar-refractivity contribution in [3.05, 3.63) is 146 Å². The fourth-order valence-corrected chi connectivity index (χ4v) is 7.40. The molecule has 0 N–H and O–H groups in total. The fraction of sp³-hybridized carbons (Fsp3) is 0. The van der Waals surface area contributed by atoms with Gasteiger partial charge < -0.3 is 9.47 Å². The van der Waals surface area contributed by atoms with Crippen LogP contribution in [0.1, 0.15) is 0 Å². The molecule has 0 saturated heterocycles. The maximum absolute atomic E-state index is 6.39. The van der Waals surface area contributed by atoms with E-state index in [0.717, 1.165) is 34.1 Å². The van der Waals surface area contributed by atoms with Gasteiger partial charge in [-0.25, -0.2) is 0 Å². The summed E-state index contributed by atoms with van der Waals surface area (Å²) in [7, 11) is 0.